The molecule has 0 aliphatic carbocycles. The van der Waals surface area contributed by atoms with E-state index in [-0.39, 0.29) is 31.6 Å². The Bertz CT molecular complexity index is 2700. The van der Waals surface area contributed by atoms with Crippen LogP contribution in [0.15, 0.2) is 79.5 Å². The Balaban J connectivity index is 0.961. The molecule has 2 unspecified atom stereocenters. The highest BCUT2D eigenvalue weighted by Gasteiger charge is 2.46. The lowest BCUT2D eigenvalue weighted by Gasteiger charge is -2.36. The molecule has 2 aromatic carbocycles. The van der Waals surface area contributed by atoms with E-state index in [1.54, 1.807) is 65.0 Å². The fraction of sp³-hybridized carbons (Fsp3) is 0.304. The molecule has 64 heavy (non-hydrogen) atoms. The van der Waals surface area contributed by atoms with E-state index in [1.807, 2.05) is 32.0 Å². The number of hydrogen-bond acceptors (Lipinski definition) is 11. The first-order valence-corrected chi connectivity index (χ1v) is 21.3. The van der Waals surface area contributed by atoms with Crippen LogP contribution in [0.1, 0.15) is 79.1 Å². The van der Waals surface area contributed by atoms with Crippen molar-refractivity contribution in [3.05, 3.63) is 119 Å². The maximum absolute atomic E-state index is 14.2. The molecule has 18 heteroatoms. The average Bonchev–Trinajstić information content (AvgIpc) is 4.08. The molecular formula is C46H45ClN10O7. The Morgan fingerprint density at radius 2 is 1.64 bits per heavy atom. The summed E-state index contributed by atoms with van der Waals surface area (Å²) in [5.41, 5.74) is 6.88. The van der Waals surface area contributed by atoms with Crippen molar-refractivity contribution in [1.82, 2.24) is 50.3 Å². The fourth-order valence-electron chi connectivity index (χ4n) is 8.93. The van der Waals surface area contributed by atoms with Gasteiger partial charge in [0, 0.05) is 82.4 Å². The number of benzene rings is 2. The van der Waals surface area contributed by atoms with Crippen molar-refractivity contribution >= 4 is 35.9 Å². The van der Waals surface area contributed by atoms with Crippen LogP contribution in [-0.2, 0) is 44.4 Å². The van der Waals surface area contributed by atoms with Gasteiger partial charge in [0.2, 0.25) is 12.3 Å². The second-order valence-electron chi connectivity index (χ2n) is 16.1. The van der Waals surface area contributed by atoms with Crippen LogP contribution in [0.25, 0.3) is 33.6 Å². The molecule has 3 aliphatic rings. The van der Waals surface area contributed by atoms with Crippen LogP contribution in [0, 0.1) is 0 Å². The van der Waals surface area contributed by atoms with E-state index >= 15 is 0 Å². The van der Waals surface area contributed by atoms with Gasteiger partial charge in [0.1, 0.15) is 59.3 Å². The summed E-state index contributed by atoms with van der Waals surface area (Å²) in [4.78, 5) is 79.8. The van der Waals surface area contributed by atoms with Crippen molar-refractivity contribution in [1.29, 1.82) is 0 Å². The van der Waals surface area contributed by atoms with Gasteiger partial charge >= 0.3 is 6.09 Å². The largest absolute Gasteiger partial charge is 0.488 e. The number of nitrogens with zero attached hydrogens (tertiary/aromatic N) is 6. The second kappa shape index (κ2) is 17.5. The first-order valence-electron chi connectivity index (χ1n) is 20.9. The minimum atomic E-state index is -1.000. The molecule has 3 atom stereocenters. The Hall–Kier alpha value is -7.27. The number of methoxy groups -OCH3 is 1. The molecule has 328 valence electrons. The van der Waals surface area contributed by atoms with Crippen molar-refractivity contribution in [3.63, 3.8) is 0 Å². The van der Waals surface area contributed by atoms with Crippen LogP contribution >= 0.6 is 11.6 Å². The van der Waals surface area contributed by atoms with Gasteiger partial charge < -0.3 is 44.6 Å². The van der Waals surface area contributed by atoms with Crippen LogP contribution in [0.4, 0.5) is 4.79 Å². The maximum atomic E-state index is 14.2. The van der Waals surface area contributed by atoms with E-state index in [1.165, 1.54) is 7.11 Å². The number of pyridine rings is 2. The van der Waals surface area contributed by atoms with Gasteiger partial charge in [-0.15, -0.1) is 0 Å². The zero-order valence-corrected chi connectivity index (χ0v) is 36.1. The lowest BCUT2D eigenvalue weighted by atomic mass is 9.87. The molecule has 7 heterocycles. The Morgan fingerprint density at radius 1 is 0.969 bits per heavy atom. The lowest BCUT2D eigenvalue weighted by Crippen LogP contribution is -2.49. The van der Waals surface area contributed by atoms with Gasteiger partial charge in [0.25, 0.3) is 5.91 Å². The van der Waals surface area contributed by atoms with E-state index < -0.39 is 23.7 Å². The van der Waals surface area contributed by atoms with Crippen molar-refractivity contribution in [2.45, 2.75) is 70.5 Å². The molecule has 1 fully saturated rings. The molecule has 0 saturated carbocycles. The molecule has 0 spiro atoms. The van der Waals surface area contributed by atoms with Gasteiger partial charge in [0.15, 0.2) is 0 Å². The number of ether oxygens (including phenoxy) is 3. The van der Waals surface area contributed by atoms with Crippen molar-refractivity contribution < 1.29 is 33.4 Å². The van der Waals surface area contributed by atoms with Crippen LogP contribution in [-0.4, -0.2) is 84.2 Å². The predicted octanol–water partition coefficient (Wildman–Crippen LogP) is 6.52. The van der Waals surface area contributed by atoms with Crippen LogP contribution in [0.2, 0.25) is 5.15 Å². The molecular weight excluding hydrogens is 840 g/mol. The third kappa shape index (κ3) is 7.76. The molecule has 4 aromatic heterocycles. The van der Waals surface area contributed by atoms with E-state index in [2.05, 4.69) is 36.6 Å². The third-order valence-electron chi connectivity index (χ3n) is 12.0. The Morgan fingerprint density at radius 3 is 2.28 bits per heavy atom. The van der Waals surface area contributed by atoms with Gasteiger partial charge in [-0.3, -0.25) is 24.4 Å². The second-order valence-corrected chi connectivity index (χ2v) is 16.5. The Labute approximate surface area is 372 Å². The van der Waals surface area contributed by atoms with E-state index in [0.717, 1.165) is 45.5 Å². The number of alkyl carbamates (subject to hydrolysis) is 1. The van der Waals surface area contributed by atoms with E-state index in [0.29, 0.717) is 77.5 Å². The predicted molar refractivity (Wildman–Crippen MR) is 233 cm³/mol. The zero-order chi connectivity index (χ0) is 44.5. The molecule has 4 amide bonds. The van der Waals surface area contributed by atoms with Gasteiger partial charge in [-0.25, -0.2) is 14.8 Å². The summed E-state index contributed by atoms with van der Waals surface area (Å²) in [6.45, 7) is 5.53. The number of H-pyrrole nitrogens is 2. The standard InChI is InChI=1S/C46H45ClN10O7/c1-4-13-56(42(59)39(51-25-58)26-8-5-11-48-19-26)22-35-53-38(41(47)54-35)29-16-31-24-63-33-17-28(15-30-23-64-34(18-29)37(31)36(30)33)32-21-50-44(52-32)46(2)10-7-14-57(46)43(60)40(55-45(61)62-3)27-9-6-12-49-20-27/h5-6,8-9,11-12,15-21,25,39-40H,4,7,10,13-14,22-24H2,1-3H3,(H,50,52)(H,51,58)(H,53,54)(H,55,61)/t39?,40?,46-/m0/s1. The Kier molecular flexibility index (Phi) is 11.5. The molecule has 1 saturated heterocycles. The molecule has 3 aliphatic heterocycles. The van der Waals surface area contributed by atoms with Crippen LogP contribution in [0.3, 0.4) is 0 Å². The highest BCUT2D eigenvalue weighted by Crippen LogP contribution is 2.51. The lowest BCUT2D eigenvalue weighted by molar-refractivity contribution is -0.138. The summed E-state index contributed by atoms with van der Waals surface area (Å²) in [7, 11) is 1.26. The highest BCUT2D eigenvalue weighted by molar-refractivity contribution is 6.32. The zero-order valence-electron chi connectivity index (χ0n) is 35.3. The average molecular weight is 885 g/mol. The third-order valence-corrected chi connectivity index (χ3v) is 12.3. The number of halogens is 1. The van der Waals surface area contributed by atoms with Gasteiger partial charge in [-0.2, -0.15) is 0 Å². The monoisotopic (exact) mass is 884 g/mol. The topological polar surface area (TPSA) is 210 Å². The molecule has 4 N–H and O–H groups in total. The summed E-state index contributed by atoms with van der Waals surface area (Å²) in [6, 6.07) is 13.0. The smallest absolute Gasteiger partial charge is 0.407 e. The van der Waals surface area contributed by atoms with Crippen LogP contribution < -0.4 is 20.1 Å². The quantitative estimate of drug-likeness (QED) is 0.0866. The van der Waals surface area contributed by atoms with E-state index in [4.69, 9.17) is 35.8 Å². The summed E-state index contributed by atoms with van der Waals surface area (Å²) in [6.07, 6.45) is 9.97. The minimum Gasteiger partial charge on any atom is -0.488 e. The first-order chi connectivity index (χ1) is 31.1. The number of carbonyl (C=O) groups excluding carboxylic acids is 4. The number of amides is 4. The van der Waals surface area contributed by atoms with Gasteiger partial charge in [-0.1, -0.05) is 30.7 Å². The first kappa shape index (κ1) is 42.1. The molecule has 0 radical (unpaired) electrons. The molecule has 9 rings (SSSR count). The SMILES string of the molecule is CCCN(Cc1nc(-c2cc3c4c(c2)OCc2cc(-c5cnc([C@]6(C)CCCN6C(=O)C(NC(=O)OC)c6cccnc6)[nH]5)cc(c2-4)OC3)c(Cl)[nH]1)C(=O)C(NC=O)c1cccnc1. The van der Waals surface area contributed by atoms with Crippen LogP contribution in [0.5, 0.6) is 11.5 Å². The molecule has 6 aromatic rings. The number of rotatable bonds is 14. The summed E-state index contributed by atoms with van der Waals surface area (Å²) in [5.74, 6) is 1.89. The minimum absolute atomic E-state index is 0.134. The number of imidazole rings is 2. The summed E-state index contributed by atoms with van der Waals surface area (Å²) >= 11 is 6.80. The van der Waals surface area contributed by atoms with Gasteiger partial charge in [-0.05, 0) is 62.6 Å². The molecule has 0 bridgehead atoms. The number of carbonyl (C=O) groups is 4. The van der Waals surface area contributed by atoms with E-state index in [9.17, 15) is 19.2 Å². The maximum Gasteiger partial charge on any atom is 0.407 e. The van der Waals surface area contributed by atoms with Crippen molar-refractivity contribution in [3.8, 4) is 45.1 Å². The summed E-state index contributed by atoms with van der Waals surface area (Å²) < 4.78 is 17.7. The summed E-state index contributed by atoms with van der Waals surface area (Å²) in [5, 5.41) is 5.63. The number of hydrogen-bond donors (Lipinski definition) is 4. The number of aromatic nitrogens is 6. The number of nitrogens with one attached hydrogen (secondary N) is 4. The van der Waals surface area contributed by atoms with Gasteiger partial charge in [0.05, 0.1) is 31.1 Å². The van der Waals surface area contributed by atoms with Crippen molar-refractivity contribution in [2.24, 2.45) is 0 Å². The normalized spacial score (nSPS) is 16.7. The molecule has 17 nitrogen and oxygen atoms in total. The number of likely N-dealkylation sites (tertiary alicyclic amines) is 1. The highest BCUT2D eigenvalue weighted by atomic mass is 35.5. The van der Waals surface area contributed by atoms with Crippen molar-refractivity contribution in [2.75, 3.05) is 20.2 Å². The fourth-order valence-corrected chi connectivity index (χ4v) is 9.19. The number of aromatic amines is 2.